The molecular weight excluding hydrogens is 174 g/mol. The molecule has 2 N–H and O–H groups in total. The second-order valence-electron chi connectivity index (χ2n) is 2.33. The standard InChI is InChI=1S/C6H5N5O2/c12-5-4(1-7-6(13)10-5)11-2-8-9-3-11/h1-3H,(H2,7,10,12,13). The van der Waals surface area contributed by atoms with Crippen molar-refractivity contribution in [2.75, 3.05) is 0 Å². The van der Waals surface area contributed by atoms with Crippen LogP contribution in [0.5, 0.6) is 0 Å². The van der Waals surface area contributed by atoms with Crippen LogP contribution >= 0.6 is 0 Å². The highest BCUT2D eigenvalue weighted by Gasteiger charge is 2.01. The Balaban J connectivity index is 2.67. The Kier molecular flexibility index (Phi) is 1.55. The van der Waals surface area contributed by atoms with Gasteiger partial charge in [0.2, 0.25) is 0 Å². The van der Waals surface area contributed by atoms with Gasteiger partial charge in [-0.05, 0) is 0 Å². The van der Waals surface area contributed by atoms with Gasteiger partial charge in [0, 0.05) is 6.20 Å². The number of rotatable bonds is 1. The molecule has 0 unspecified atom stereocenters. The lowest BCUT2D eigenvalue weighted by Crippen LogP contribution is -2.24. The van der Waals surface area contributed by atoms with E-state index in [1.165, 1.54) is 23.4 Å². The van der Waals surface area contributed by atoms with Gasteiger partial charge in [-0.2, -0.15) is 0 Å². The first-order valence-corrected chi connectivity index (χ1v) is 3.44. The first-order valence-electron chi connectivity index (χ1n) is 3.44. The van der Waals surface area contributed by atoms with Crippen LogP contribution in [0.1, 0.15) is 0 Å². The summed E-state index contributed by atoms with van der Waals surface area (Å²) in [4.78, 5) is 26.3. The van der Waals surface area contributed by atoms with Crippen LogP contribution < -0.4 is 11.2 Å². The van der Waals surface area contributed by atoms with E-state index in [1.54, 1.807) is 0 Å². The van der Waals surface area contributed by atoms with Crippen LogP contribution in [0, 0.1) is 0 Å². The van der Waals surface area contributed by atoms with E-state index in [1.807, 2.05) is 0 Å². The molecule has 0 spiro atoms. The summed E-state index contributed by atoms with van der Waals surface area (Å²) in [5, 5.41) is 7.06. The van der Waals surface area contributed by atoms with Crippen LogP contribution in [0.2, 0.25) is 0 Å². The average Bonchev–Trinajstić information content (AvgIpc) is 2.56. The maximum atomic E-state index is 11.2. The first-order chi connectivity index (χ1) is 6.27. The summed E-state index contributed by atoms with van der Waals surface area (Å²) in [6, 6.07) is 0. The molecule has 0 saturated carbocycles. The predicted octanol–water partition coefficient (Wildman–Crippen LogP) is -1.36. The molecule has 7 nitrogen and oxygen atoms in total. The van der Waals surface area contributed by atoms with E-state index in [9.17, 15) is 9.59 Å². The number of hydrogen-bond donors (Lipinski definition) is 2. The van der Waals surface area contributed by atoms with E-state index in [0.717, 1.165) is 0 Å². The summed E-state index contributed by atoms with van der Waals surface area (Å²) in [5.41, 5.74) is -0.755. The van der Waals surface area contributed by atoms with Crippen molar-refractivity contribution in [2.24, 2.45) is 0 Å². The van der Waals surface area contributed by atoms with Crippen LogP contribution in [0.25, 0.3) is 5.69 Å². The second kappa shape index (κ2) is 2.70. The molecule has 7 heteroatoms. The third-order valence-electron chi connectivity index (χ3n) is 1.50. The zero-order valence-corrected chi connectivity index (χ0v) is 6.39. The lowest BCUT2D eigenvalue weighted by molar-refractivity contribution is 0.946. The van der Waals surface area contributed by atoms with Gasteiger partial charge in [-0.1, -0.05) is 0 Å². The summed E-state index contributed by atoms with van der Waals surface area (Å²) in [7, 11) is 0. The van der Waals surface area contributed by atoms with E-state index >= 15 is 0 Å². The summed E-state index contributed by atoms with van der Waals surface area (Å²) in [6.07, 6.45) is 4.02. The van der Waals surface area contributed by atoms with Crippen molar-refractivity contribution < 1.29 is 0 Å². The highest BCUT2D eigenvalue weighted by atomic mass is 16.2. The van der Waals surface area contributed by atoms with Crippen molar-refractivity contribution in [1.29, 1.82) is 0 Å². The van der Waals surface area contributed by atoms with E-state index in [-0.39, 0.29) is 5.69 Å². The Labute approximate surface area is 71.1 Å². The van der Waals surface area contributed by atoms with Crippen molar-refractivity contribution in [3.8, 4) is 5.69 Å². The first kappa shape index (κ1) is 7.47. The van der Waals surface area contributed by atoms with Crippen LogP contribution in [0.15, 0.2) is 28.4 Å². The van der Waals surface area contributed by atoms with Crippen molar-refractivity contribution in [2.45, 2.75) is 0 Å². The van der Waals surface area contributed by atoms with Crippen LogP contribution in [-0.4, -0.2) is 24.7 Å². The van der Waals surface area contributed by atoms with Crippen LogP contribution in [0.4, 0.5) is 0 Å². The van der Waals surface area contributed by atoms with Crippen LogP contribution in [0.3, 0.4) is 0 Å². The second-order valence-corrected chi connectivity index (χ2v) is 2.33. The molecule has 2 heterocycles. The predicted molar refractivity (Wildman–Crippen MR) is 42.6 cm³/mol. The fourth-order valence-electron chi connectivity index (χ4n) is 0.920. The van der Waals surface area contributed by atoms with Gasteiger partial charge in [-0.3, -0.25) is 14.3 Å². The quantitative estimate of drug-likeness (QED) is 0.565. The minimum absolute atomic E-state index is 0.268. The lowest BCUT2D eigenvalue weighted by atomic mass is 10.5. The molecular formula is C6H5N5O2. The monoisotopic (exact) mass is 179 g/mol. The van der Waals surface area contributed by atoms with Gasteiger partial charge in [0.1, 0.15) is 18.3 Å². The molecule has 2 rings (SSSR count). The third-order valence-corrected chi connectivity index (χ3v) is 1.50. The highest BCUT2D eigenvalue weighted by molar-refractivity contribution is 5.22. The highest BCUT2D eigenvalue weighted by Crippen LogP contribution is 1.92. The Morgan fingerprint density at radius 3 is 2.54 bits per heavy atom. The molecule has 0 aromatic carbocycles. The lowest BCUT2D eigenvalue weighted by Gasteiger charge is -1.96. The Bertz CT molecular complexity index is 508. The fourth-order valence-corrected chi connectivity index (χ4v) is 0.920. The zero-order valence-electron chi connectivity index (χ0n) is 6.39. The van der Waals surface area contributed by atoms with Crippen molar-refractivity contribution >= 4 is 0 Å². The number of nitrogens with one attached hydrogen (secondary N) is 2. The Morgan fingerprint density at radius 2 is 1.92 bits per heavy atom. The summed E-state index contributed by atoms with van der Waals surface area (Å²) in [5.74, 6) is 0. The minimum Gasteiger partial charge on any atom is -0.312 e. The molecule has 0 atom stereocenters. The fraction of sp³-hybridized carbons (Fsp3) is 0. The molecule has 0 fully saturated rings. The summed E-state index contributed by atoms with van der Waals surface area (Å²) >= 11 is 0. The van der Waals surface area contributed by atoms with E-state index in [4.69, 9.17) is 0 Å². The van der Waals surface area contributed by atoms with Gasteiger partial charge in [0.05, 0.1) is 0 Å². The summed E-state index contributed by atoms with van der Waals surface area (Å²) in [6.45, 7) is 0. The van der Waals surface area contributed by atoms with Crippen molar-refractivity contribution in [3.05, 3.63) is 39.7 Å². The van der Waals surface area contributed by atoms with E-state index < -0.39 is 11.2 Å². The number of nitrogens with zero attached hydrogens (tertiary/aromatic N) is 3. The van der Waals surface area contributed by atoms with Gasteiger partial charge in [0.25, 0.3) is 5.56 Å². The molecule has 0 radical (unpaired) electrons. The molecule has 0 saturated heterocycles. The third kappa shape index (κ3) is 1.26. The number of aromatic nitrogens is 5. The molecule has 66 valence electrons. The molecule has 0 aliphatic heterocycles. The molecule has 0 amide bonds. The van der Waals surface area contributed by atoms with Crippen molar-refractivity contribution in [3.63, 3.8) is 0 Å². The van der Waals surface area contributed by atoms with Gasteiger partial charge < -0.3 is 4.98 Å². The number of aromatic amines is 2. The number of hydrogen-bond acceptors (Lipinski definition) is 4. The van der Waals surface area contributed by atoms with Crippen LogP contribution in [-0.2, 0) is 0 Å². The SMILES string of the molecule is O=c1[nH]cc(-n2cnnc2)c(=O)[nH]1. The van der Waals surface area contributed by atoms with Gasteiger partial charge in [-0.15, -0.1) is 10.2 Å². The van der Waals surface area contributed by atoms with E-state index in [0.29, 0.717) is 0 Å². The Morgan fingerprint density at radius 1 is 1.23 bits per heavy atom. The summed E-state index contributed by atoms with van der Waals surface area (Å²) < 4.78 is 1.40. The van der Waals surface area contributed by atoms with Gasteiger partial charge in [-0.25, -0.2) is 4.79 Å². The molecule has 13 heavy (non-hydrogen) atoms. The minimum atomic E-state index is -0.540. The van der Waals surface area contributed by atoms with Crippen molar-refractivity contribution in [1.82, 2.24) is 24.7 Å². The maximum absolute atomic E-state index is 11.2. The van der Waals surface area contributed by atoms with Gasteiger partial charge >= 0.3 is 5.69 Å². The molecule has 0 bridgehead atoms. The average molecular weight is 179 g/mol. The van der Waals surface area contributed by atoms with E-state index in [2.05, 4.69) is 20.2 Å². The van der Waals surface area contributed by atoms with Gasteiger partial charge in [0.15, 0.2) is 0 Å². The zero-order chi connectivity index (χ0) is 9.26. The molecule has 2 aromatic rings. The Hall–Kier alpha value is -2.18. The molecule has 0 aliphatic rings. The maximum Gasteiger partial charge on any atom is 0.325 e. The smallest absolute Gasteiger partial charge is 0.312 e. The largest absolute Gasteiger partial charge is 0.325 e. The molecule has 2 aromatic heterocycles. The molecule has 0 aliphatic carbocycles. The topological polar surface area (TPSA) is 96.4 Å². The normalized spacial score (nSPS) is 10.2. The number of H-pyrrole nitrogens is 2.